The van der Waals surface area contributed by atoms with Gasteiger partial charge in [-0.25, -0.2) is 4.39 Å². The molecule has 6 heteroatoms. The Morgan fingerprint density at radius 1 is 1.28 bits per heavy atom. The lowest BCUT2D eigenvalue weighted by Crippen LogP contribution is -2.12. The summed E-state index contributed by atoms with van der Waals surface area (Å²) in [6, 6.07) is 5.60. The molecule has 0 aliphatic carbocycles. The van der Waals surface area contributed by atoms with Crippen LogP contribution in [-0.2, 0) is 0 Å². The summed E-state index contributed by atoms with van der Waals surface area (Å²) in [7, 11) is 0. The average molecular weight is 244 g/mol. The fraction of sp³-hybridized carbons (Fsp3) is 0. The number of hydrogen-bond donors (Lipinski definition) is 3. The standard InChI is InChI=1S/C12H9FN4O/c13-6-1-2-7(12(14)18)8(5-6)10-11-9(16-17-10)3-4-15-11/h1-5,16-17H,(H2,14,18). The molecule has 0 unspecified atom stereocenters. The quantitative estimate of drug-likeness (QED) is 0.641. The van der Waals surface area contributed by atoms with E-state index in [0.717, 1.165) is 5.69 Å². The van der Waals surface area contributed by atoms with Crippen molar-refractivity contribution in [1.82, 2.24) is 15.2 Å². The minimum absolute atomic E-state index is 0.247. The summed E-state index contributed by atoms with van der Waals surface area (Å²) in [4.78, 5) is 15.5. The van der Waals surface area contributed by atoms with Gasteiger partial charge in [-0.1, -0.05) is 0 Å². The molecule has 0 fully saturated rings. The van der Waals surface area contributed by atoms with Gasteiger partial charge in [0.2, 0.25) is 5.91 Å². The maximum Gasteiger partial charge on any atom is 0.249 e. The number of aromatic amines is 2. The van der Waals surface area contributed by atoms with E-state index in [1.54, 1.807) is 12.3 Å². The smallest absolute Gasteiger partial charge is 0.249 e. The number of carbonyl (C=O) groups is 1. The lowest BCUT2D eigenvalue weighted by Gasteiger charge is -2.05. The number of nitrogens with two attached hydrogens (primary N) is 1. The lowest BCUT2D eigenvalue weighted by molar-refractivity contribution is 0.100. The van der Waals surface area contributed by atoms with E-state index in [-0.39, 0.29) is 5.56 Å². The van der Waals surface area contributed by atoms with Gasteiger partial charge in [0.05, 0.1) is 11.4 Å². The molecule has 1 amide bonds. The Morgan fingerprint density at radius 3 is 2.89 bits per heavy atom. The molecule has 0 saturated heterocycles. The van der Waals surface area contributed by atoms with Gasteiger partial charge in [0.25, 0.3) is 0 Å². The molecule has 4 N–H and O–H groups in total. The van der Waals surface area contributed by atoms with E-state index in [0.29, 0.717) is 17.0 Å². The Bertz CT molecular complexity index is 700. The van der Waals surface area contributed by atoms with Crippen molar-refractivity contribution < 1.29 is 9.18 Å². The summed E-state index contributed by atoms with van der Waals surface area (Å²) in [5, 5.41) is 5.76. The molecule has 2 aliphatic heterocycles. The Kier molecular flexibility index (Phi) is 2.16. The van der Waals surface area contributed by atoms with Crippen molar-refractivity contribution in [2.24, 2.45) is 5.73 Å². The molecule has 3 rings (SSSR count). The van der Waals surface area contributed by atoms with Gasteiger partial charge in [-0.3, -0.25) is 20.0 Å². The average Bonchev–Trinajstić information content (AvgIpc) is 2.89. The van der Waals surface area contributed by atoms with Crippen molar-refractivity contribution in [3.8, 4) is 22.6 Å². The van der Waals surface area contributed by atoms with Gasteiger partial charge >= 0.3 is 0 Å². The number of primary amides is 1. The second-order valence-electron chi connectivity index (χ2n) is 3.89. The number of carbonyl (C=O) groups excluding carboxylic acids is 1. The highest BCUT2D eigenvalue weighted by Crippen LogP contribution is 2.32. The van der Waals surface area contributed by atoms with Gasteiger partial charge in [-0.2, -0.15) is 0 Å². The minimum atomic E-state index is -0.612. The first-order valence-electron chi connectivity index (χ1n) is 5.27. The van der Waals surface area contributed by atoms with Gasteiger partial charge in [-0.05, 0) is 24.3 Å². The third kappa shape index (κ3) is 1.46. The van der Waals surface area contributed by atoms with Crippen molar-refractivity contribution in [3.63, 3.8) is 0 Å². The zero-order valence-corrected chi connectivity index (χ0v) is 9.20. The van der Waals surface area contributed by atoms with E-state index in [2.05, 4.69) is 15.2 Å². The van der Waals surface area contributed by atoms with Gasteiger partial charge in [0, 0.05) is 17.3 Å². The van der Waals surface area contributed by atoms with Crippen LogP contribution in [0.2, 0.25) is 0 Å². The number of hydrogen-bond acceptors (Lipinski definition) is 2. The van der Waals surface area contributed by atoms with E-state index in [4.69, 9.17) is 5.73 Å². The first-order valence-corrected chi connectivity index (χ1v) is 5.27. The first-order chi connectivity index (χ1) is 8.66. The van der Waals surface area contributed by atoms with Gasteiger partial charge in [-0.15, -0.1) is 0 Å². The largest absolute Gasteiger partial charge is 0.366 e. The zero-order valence-electron chi connectivity index (χ0n) is 9.20. The number of fused-ring (bicyclic) bond motifs is 1. The molecule has 0 aromatic heterocycles. The number of aromatic nitrogens is 3. The van der Waals surface area contributed by atoms with Crippen LogP contribution in [0.25, 0.3) is 22.6 Å². The van der Waals surface area contributed by atoms with E-state index < -0.39 is 11.7 Å². The monoisotopic (exact) mass is 244 g/mol. The van der Waals surface area contributed by atoms with Crippen molar-refractivity contribution in [2.75, 3.05) is 0 Å². The Balaban J connectivity index is 2.26. The molecule has 5 nitrogen and oxygen atoms in total. The summed E-state index contributed by atoms with van der Waals surface area (Å²) in [5.41, 5.74) is 7.90. The third-order valence-electron chi connectivity index (χ3n) is 2.78. The molecule has 0 saturated carbocycles. The molecule has 1 aromatic rings. The maximum absolute atomic E-state index is 13.3. The van der Waals surface area contributed by atoms with Crippen LogP contribution in [0.3, 0.4) is 0 Å². The summed E-state index contributed by atoms with van der Waals surface area (Å²) in [5.74, 6) is -1.05. The fourth-order valence-corrected chi connectivity index (χ4v) is 1.96. The Hall–Kier alpha value is -2.63. The number of benzene rings is 1. The van der Waals surface area contributed by atoms with Crippen LogP contribution >= 0.6 is 0 Å². The summed E-state index contributed by atoms with van der Waals surface area (Å²) < 4.78 is 13.3. The van der Waals surface area contributed by atoms with E-state index >= 15 is 0 Å². The molecule has 2 heterocycles. The molecule has 1 aromatic carbocycles. The Labute approximate surface area is 101 Å². The topological polar surface area (TPSA) is 87.6 Å². The second kappa shape index (κ2) is 3.69. The van der Waals surface area contributed by atoms with Crippen LogP contribution in [0.4, 0.5) is 4.39 Å². The Morgan fingerprint density at radius 2 is 2.11 bits per heavy atom. The van der Waals surface area contributed by atoms with Gasteiger partial charge in [0.15, 0.2) is 0 Å². The summed E-state index contributed by atoms with van der Waals surface area (Å²) >= 11 is 0. The fourth-order valence-electron chi connectivity index (χ4n) is 1.96. The van der Waals surface area contributed by atoms with Crippen LogP contribution in [-0.4, -0.2) is 21.1 Å². The summed E-state index contributed by atoms with van der Waals surface area (Å²) in [6.07, 6.45) is 1.63. The number of nitrogens with one attached hydrogen (secondary N) is 2. The first kappa shape index (κ1) is 10.5. The molecule has 2 aliphatic rings. The van der Waals surface area contributed by atoms with Crippen LogP contribution in [0.1, 0.15) is 10.4 Å². The van der Waals surface area contributed by atoms with Gasteiger partial charge < -0.3 is 5.73 Å². The number of amides is 1. The zero-order chi connectivity index (χ0) is 12.7. The third-order valence-corrected chi connectivity index (χ3v) is 2.78. The van der Waals surface area contributed by atoms with Crippen LogP contribution in [0, 0.1) is 5.82 Å². The molecule has 0 radical (unpaired) electrons. The van der Waals surface area contributed by atoms with Gasteiger partial charge in [0.1, 0.15) is 11.5 Å². The highest BCUT2D eigenvalue weighted by molar-refractivity contribution is 6.00. The van der Waals surface area contributed by atoms with E-state index in [1.165, 1.54) is 18.2 Å². The van der Waals surface area contributed by atoms with Crippen molar-refractivity contribution in [3.05, 3.63) is 41.8 Å². The van der Waals surface area contributed by atoms with E-state index in [1.807, 2.05) is 0 Å². The molecule has 90 valence electrons. The normalized spacial score (nSPS) is 10.9. The highest BCUT2D eigenvalue weighted by Gasteiger charge is 2.19. The minimum Gasteiger partial charge on any atom is -0.366 e. The number of rotatable bonds is 2. The molecular weight excluding hydrogens is 235 g/mol. The maximum atomic E-state index is 13.3. The molecule has 18 heavy (non-hydrogen) atoms. The predicted octanol–water partition coefficient (Wildman–Crippen LogP) is 1.75. The van der Waals surface area contributed by atoms with Crippen LogP contribution < -0.4 is 5.73 Å². The SMILES string of the molecule is NC(=O)c1ccc(F)cc1-c1[nH][nH]c2ccnc1-2. The lowest BCUT2D eigenvalue weighted by atomic mass is 10.0. The number of H-pyrrole nitrogens is 2. The van der Waals surface area contributed by atoms with Crippen molar-refractivity contribution in [2.45, 2.75) is 0 Å². The molecule has 0 bridgehead atoms. The highest BCUT2D eigenvalue weighted by atomic mass is 19.1. The van der Waals surface area contributed by atoms with Crippen LogP contribution in [0.15, 0.2) is 30.5 Å². The predicted molar refractivity (Wildman–Crippen MR) is 63.5 cm³/mol. The van der Waals surface area contributed by atoms with Crippen molar-refractivity contribution >= 4 is 5.91 Å². The molecule has 0 atom stereocenters. The molecular formula is C12H9FN4O. The second-order valence-corrected chi connectivity index (χ2v) is 3.89. The van der Waals surface area contributed by atoms with Crippen LogP contribution in [0.5, 0.6) is 0 Å². The van der Waals surface area contributed by atoms with E-state index in [9.17, 15) is 9.18 Å². The van der Waals surface area contributed by atoms with Crippen molar-refractivity contribution in [1.29, 1.82) is 0 Å². The number of halogens is 1. The summed E-state index contributed by atoms with van der Waals surface area (Å²) in [6.45, 7) is 0. The number of nitrogens with zero attached hydrogens (tertiary/aromatic N) is 1. The molecule has 0 spiro atoms.